The Hall–Kier alpha value is -3.08. The number of fused-ring (bicyclic) bond motifs is 1. The molecule has 1 aromatic heterocycles. The third kappa shape index (κ3) is 3.21. The SMILES string of the molecule is Cc1ccc2c(C3CCN(C(=O)c4ccccc4)CC3)c(C(=O)O)oc2c1. The molecular formula is C22H21NO4. The van der Waals surface area contributed by atoms with Crippen molar-refractivity contribution >= 4 is 22.8 Å². The van der Waals surface area contributed by atoms with Crippen LogP contribution in [0.3, 0.4) is 0 Å². The molecule has 0 bridgehead atoms. The average Bonchev–Trinajstić information content (AvgIpc) is 3.07. The number of rotatable bonds is 3. The van der Waals surface area contributed by atoms with Crippen molar-refractivity contribution in [1.29, 1.82) is 0 Å². The Bertz CT molecular complexity index is 998. The highest BCUT2D eigenvalue weighted by molar-refractivity contribution is 5.96. The first-order chi connectivity index (χ1) is 13.0. The zero-order valence-corrected chi connectivity index (χ0v) is 15.1. The van der Waals surface area contributed by atoms with Crippen LogP contribution < -0.4 is 0 Å². The highest BCUT2D eigenvalue weighted by atomic mass is 16.4. The maximum absolute atomic E-state index is 12.6. The summed E-state index contributed by atoms with van der Waals surface area (Å²) in [6.45, 7) is 3.17. The molecule has 27 heavy (non-hydrogen) atoms. The van der Waals surface area contributed by atoms with Crippen molar-refractivity contribution in [3.63, 3.8) is 0 Å². The van der Waals surface area contributed by atoms with Crippen molar-refractivity contribution in [2.24, 2.45) is 0 Å². The van der Waals surface area contributed by atoms with E-state index in [0.29, 0.717) is 24.2 Å². The van der Waals surface area contributed by atoms with Gasteiger partial charge in [0.25, 0.3) is 5.91 Å². The van der Waals surface area contributed by atoms with E-state index in [0.717, 1.165) is 29.4 Å². The molecule has 2 aromatic carbocycles. The fourth-order valence-electron chi connectivity index (χ4n) is 3.92. The molecule has 138 valence electrons. The lowest BCUT2D eigenvalue weighted by molar-refractivity contribution is 0.0653. The fourth-order valence-corrected chi connectivity index (χ4v) is 3.92. The zero-order chi connectivity index (χ0) is 19.0. The smallest absolute Gasteiger partial charge is 0.372 e. The molecule has 1 amide bonds. The fraction of sp³-hybridized carbons (Fsp3) is 0.273. The highest BCUT2D eigenvalue weighted by Gasteiger charge is 2.31. The summed E-state index contributed by atoms with van der Waals surface area (Å²) in [5.41, 5.74) is 3.10. The number of carboxylic acids is 1. The molecule has 1 fully saturated rings. The van der Waals surface area contributed by atoms with Crippen LogP contribution in [0.15, 0.2) is 52.9 Å². The Morgan fingerprint density at radius 1 is 1.07 bits per heavy atom. The van der Waals surface area contributed by atoms with Gasteiger partial charge in [0.2, 0.25) is 5.76 Å². The Labute approximate surface area is 157 Å². The van der Waals surface area contributed by atoms with Crippen LogP contribution in [-0.4, -0.2) is 35.0 Å². The number of benzene rings is 2. The second kappa shape index (κ2) is 6.91. The van der Waals surface area contributed by atoms with Crippen LogP contribution in [0.4, 0.5) is 0 Å². The number of furan rings is 1. The quantitative estimate of drug-likeness (QED) is 0.746. The predicted octanol–water partition coefficient (Wildman–Crippen LogP) is 4.46. The Morgan fingerprint density at radius 2 is 1.78 bits per heavy atom. The summed E-state index contributed by atoms with van der Waals surface area (Å²) in [6.07, 6.45) is 1.45. The van der Waals surface area contributed by atoms with Gasteiger partial charge in [-0.25, -0.2) is 4.79 Å². The summed E-state index contributed by atoms with van der Waals surface area (Å²) in [7, 11) is 0. The van der Waals surface area contributed by atoms with Gasteiger partial charge >= 0.3 is 5.97 Å². The zero-order valence-electron chi connectivity index (χ0n) is 15.1. The summed E-state index contributed by atoms with van der Waals surface area (Å²) in [5.74, 6) is -0.912. The number of carbonyl (C=O) groups is 2. The number of carbonyl (C=O) groups excluding carboxylic acids is 1. The van der Waals surface area contributed by atoms with E-state index >= 15 is 0 Å². The van der Waals surface area contributed by atoms with E-state index in [-0.39, 0.29) is 17.6 Å². The van der Waals surface area contributed by atoms with Gasteiger partial charge in [0.05, 0.1) is 0 Å². The van der Waals surface area contributed by atoms with E-state index in [1.807, 2.05) is 60.4 Å². The number of likely N-dealkylation sites (tertiary alicyclic amines) is 1. The molecule has 0 aliphatic carbocycles. The third-order valence-electron chi connectivity index (χ3n) is 5.29. The van der Waals surface area contributed by atoms with Crippen LogP contribution in [0, 0.1) is 6.92 Å². The van der Waals surface area contributed by atoms with Gasteiger partial charge < -0.3 is 14.4 Å². The second-order valence-corrected chi connectivity index (χ2v) is 7.08. The van der Waals surface area contributed by atoms with Crippen molar-refractivity contribution in [1.82, 2.24) is 4.90 Å². The maximum Gasteiger partial charge on any atom is 0.372 e. The molecule has 0 unspecified atom stereocenters. The van der Waals surface area contributed by atoms with E-state index in [9.17, 15) is 14.7 Å². The largest absolute Gasteiger partial charge is 0.475 e. The number of carboxylic acid groups (broad SMARTS) is 1. The standard InChI is InChI=1S/C22H21NO4/c1-14-7-8-17-18(13-14)27-20(22(25)26)19(17)15-9-11-23(12-10-15)21(24)16-5-3-2-4-6-16/h2-8,13,15H,9-12H2,1H3,(H,25,26). The Balaban J connectivity index is 1.59. The number of aromatic carboxylic acids is 1. The molecule has 0 saturated carbocycles. The molecule has 0 atom stereocenters. The van der Waals surface area contributed by atoms with E-state index in [2.05, 4.69) is 0 Å². The van der Waals surface area contributed by atoms with Gasteiger partial charge in [-0.3, -0.25) is 4.79 Å². The minimum absolute atomic E-state index is 0.0279. The minimum Gasteiger partial charge on any atom is -0.475 e. The van der Waals surface area contributed by atoms with Crippen LogP contribution in [0.5, 0.6) is 0 Å². The minimum atomic E-state index is -1.04. The lowest BCUT2D eigenvalue weighted by Crippen LogP contribution is -2.38. The van der Waals surface area contributed by atoms with E-state index in [1.54, 1.807) is 0 Å². The van der Waals surface area contributed by atoms with Gasteiger partial charge in [-0.1, -0.05) is 30.3 Å². The third-order valence-corrected chi connectivity index (χ3v) is 5.29. The molecule has 1 N–H and O–H groups in total. The first-order valence-electron chi connectivity index (χ1n) is 9.15. The van der Waals surface area contributed by atoms with E-state index in [4.69, 9.17) is 4.42 Å². The molecule has 1 saturated heterocycles. The molecule has 1 aliphatic rings. The van der Waals surface area contributed by atoms with E-state index in [1.165, 1.54) is 0 Å². The molecular weight excluding hydrogens is 342 g/mol. The van der Waals surface area contributed by atoms with Gasteiger partial charge in [0.1, 0.15) is 5.58 Å². The molecule has 4 rings (SSSR count). The number of aryl methyl sites for hydroxylation is 1. The number of piperidine rings is 1. The summed E-state index contributed by atoms with van der Waals surface area (Å²) in [4.78, 5) is 26.2. The summed E-state index contributed by atoms with van der Waals surface area (Å²) < 4.78 is 5.66. The first kappa shape index (κ1) is 17.3. The number of nitrogens with zero attached hydrogens (tertiary/aromatic N) is 1. The Kier molecular flexibility index (Phi) is 4.44. The van der Waals surface area contributed by atoms with Crippen molar-refractivity contribution in [3.8, 4) is 0 Å². The second-order valence-electron chi connectivity index (χ2n) is 7.08. The lowest BCUT2D eigenvalue weighted by atomic mass is 9.87. The van der Waals surface area contributed by atoms with Gasteiger partial charge in [-0.2, -0.15) is 0 Å². The van der Waals surface area contributed by atoms with Crippen molar-refractivity contribution in [2.45, 2.75) is 25.7 Å². The normalized spacial score (nSPS) is 15.2. The summed E-state index contributed by atoms with van der Waals surface area (Å²) in [6, 6.07) is 15.0. The number of hydrogen-bond acceptors (Lipinski definition) is 3. The molecule has 0 spiro atoms. The topological polar surface area (TPSA) is 70.8 Å². The summed E-state index contributed by atoms with van der Waals surface area (Å²) in [5, 5.41) is 10.5. The van der Waals surface area contributed by atoms with Crippen LogP contribution in [0.25, 0.3) is 11.0 Å². The van der Waals surface area contributed by atoms with Crippen LogP contribution in [0.1, 0.15) is 50.8 Å². The van der Waals surface area contributed by atoms with Crippen molar-refractivity contribution in [3.05, 3.63) is 71.0 Å². The summed E-state index contributed by atoms with van der Waals surface area (Å²) >= 11 is 0. The Morgan fingerprint density at radius 3 is 2.44 bits per heavy atom. The maximum atomic E-state index is 12.6. The van der Waals surface area contributed by atoms with Crippen molar-refractivity contribution in [2.75, 3.05) is 13.1 Å². The van der Waals surface area contributed by atoms with Crippen molar-refractivity contribution < 1.29 is 19.1 Å². The highest BCUT2D eigenvalue weighted by Crippen LogP contribution is 2.38. The molecule has 3 aromatic rings. The van der Waals surface area contributed by atoms with Crippen LogP contribution >= 0.6 is 0 Å². The van der Waals surface area contributed by atoms with Gasteiger partial charge in [0, 0.05) is 29.6 Å². The lowest BCUT2D eigenvalue weighted by Gasteiger charge is -2.32. The van der Waals surface area contributed by atoms with Gasteiger partial charge in [-0.05, 0) is 49.4 Å². The monoisotopic (exact) mass is 363 g/mol. The van der Waals surface area contributed by atoms with Gasteiger partial charge in [-0.15, -0.1) is 0 Å². The number of hydrogen-bond donors (Lipinski definition) is 1. The van der Waals surface area contributed by atoms with E-state index < -0.39 is 5.97 Å². The van der Waals surface area contributed by atoms with Gasteiger partial charge in [0.15, 0.2) is 0 Å². The molecule has 5 heteroatoms. The molecule has 1 aliphatic heterocycles. The first-order valence-corrected chi connectivity index (χ1v) is 9.15. The molecule has 2 heterocycles. The molecule has 5 nitrogen and oxygen atoms in total. The predicted molar refractivity (Wildman–Crippen MR) is 102 cm³/mol. The number of amides is 1. The average molecular weight is 363 g/mol. The van der Waals surface area contributed by atoms with Crippen LogP contribution in [-0.2, 0) is 0 Å². The van der Waals surface area contributed by atoms with Crippen LogP contribution in [0.2, 0.25) is 0 Å². The molecule has 0 radical (unpaired) electrons.